The van der Waals surface area contributed by atoms with E-state index in [0.29, 0.717) is 23.2 Å². The molecule has 0 radical (unpaired) electrons. The van der Waals surface area contributed by atoms with Gasteiger partial charge in [-0.2, -0.15) is 0 Å². The van der Waals surface area contributed by atoms with E-state index < -0.39 is 11.5 Å². The molecule has 4 fully saturated rings. The quantitative estimate of drug-likeness (QED) is 0.415. The SMILES string of the molecule is CC1(C)CC[C@]2(C)[C@H](O)C[C@]3(C)C(=CC[C@H]4[C@@]5(C)CC[C@H](O)[C@](C)(CO)[C@H]5CC[C@]43C)[C@H]2C1. The van der Waals surface area contributed by atoms with Gasteiger partial charge in [0.2, 0.25) is 0 Å². The molecule has 33 heavy (non-hydrogen) atoms. The van der Waals surface area contributed by atoms with Crippen LogP contribution in [-0.2, 0) is 0 Å². The average molecular weight is 459 g/mol. The molecule has 5 aliphatic carbocycles. The van der Waals surface area contributed by atoms with Crippen molar-refractivity contribution in [1.29, 1.82) is 0 Å². The number of fused-ring (bicyclic) bond motifs is 7. The van der Waals surface area contributed by atoms with Crippen molar-refractivity contribution < 1.29 is 15.3 Å². The molecule has 0 heterocycles. The van der Waals surface area contributed by atoms with Gasteiger partial charge in [0.15, 0.2) is 0 Å². The fourth-order valence-corrected chi connectivity index (χ4v) is 10.6. The molecule has 0 spiro atoms. The Morgan fingerprint density at radius 1 is 0.788 bits per heavy atom. The average Bonchev–Trinajstić information content (AvgIpc) is 2.73. The van der Waals surface area contributed by atoms with Gasteiger partial charge < -0.3 is 15.3 Å². The van der Waals surface area contributed by atoms with Gasteiger partial charge in [-0.15, -0.1) is 0 Å². The van der Waals surface area contributed by atoms with Gasteiger partial charge in [-0.05, 0) is 97.2 Å². The molecule has 3 nitrogen and oxygen atoms in total. The molecule has 4 saturated carbocycles. The molecule has 0 aromatic rings. The van der Waals surface area contributed by atoms with Crippen LogP contribution in [0.4, 0.5) is 0 Å². The number of aliphatic hydroxyl groups is 3. The summed E-state index contributed by atoms with van der Waals surface area (Å²) in [6.45, 7) is 17.0. The summed E-state index contributed by atoms with van der Waals surface area (Å²) in [7, 11) is 0. The Labute approximate surface area is 202 Å². The zero-order valence-electron chi connectivity index (χ0n) is 22.4. The maximum atomic E-state index is 11.7. The van der Waals surface area contributed by atoms with Gasteiger partial charge in [-0.1, -0.05) is 60.1 Å². The largest absolute Gasteiger partial charge is 0.396 e. The molecule has 3 N–H and O–H groups in total. The lowest BCUT2D eigenvalue weighted by Crippen LogP contribution is -2.66. The second-order valence-corrected chi connectivity index (χ2v) is 15.2. The highest BCUT2D eigenvalue weighted by Crippen LogP contribution is 2.75. The van der Waals surface area contributed by atoms with Crippen molar-refractivity contribution in [3.63, 3.8) is 0 Å². The summed E-state index contributed by atoms with van der Waals surface area (Å²) < 4.78 is 0. The van der Waals surface area contributed by atoms with Gasteiger partial charge in [0, 0.05) is 10.8 Å². The van der Waals surface area contributed by atoms with E-state index in [1.807, 2.05) is 0 Å². The summed E-state index contributed by atoms with van der Waals surface area (Å²) in [5, 5.41) is 33.0. The number of aliphatic hydroxyl groups excluding tert-OH is 3. The predicted octanol–water partition coefficient (Wildman–Crippen LogP) is 6.11. The van der Waals surface area contributed by atoms with E-state index in [2.05, 4.69) is 54.5 Å². The van der Waals surface area contributed by atoms with Crippen molar-refractivity contribution in [3.05, 3.63) is 11.6 Å². The Morgan fingerprint density at radius 3 is 2.15 bits per heavy atom. The van der Waals surface area contributed by atoms with E-state index in [4.69, 9.17) is 0 Å². The third-order valence-electron chi connectivity index (χ3n) is 13.3. The van der Waals surface area contributed by atoms with Gasteiger partial charge >= 0.3 is 0 Å². The molecule has 188 valence electrons. The van der Waals surface area contributed by atoms with Crippen molar-refractivity contribution in [3.8, 4) is 0 Å². The van der Waals surface area contributed by atoms with E-state index in [0.717, 1.165) is 44.9 Å². The summed E-state index contributed by atoms with van der Waals surface area (Å²) in [6, 6.07) is 0. The standard InChI is InChI=1S/C30H50O3/c1-25(2)14-15-26(3)20(16-25)19-8-9-22-27(4)12-11-23(32)28(5,18-31)21(27)10-13-29(22,6)30(19,7)17-24(26)33/h8,20-24,31-33H,9-18H2,1-7H3/t20-,21+,22+,23+,24-,26+,27+,28-,29-,30-/m1/s1. The smallest absolute Gasteiger partial charge is 0.0618 e. The van der Waals surface area contributed by atoms with Gasteiger partial charge in [-0.3, -0.25) is 0 Å². The summed E-state index contributed by atoms with van der Waals surface area (Å²) in [5.41, 5.74) is 1.90. The molecule has 0 unspecified atom stereocenters. The number of hydrogen-bond acceptors (Lipinski definition) is 3. The van der Waals surface area contributed by atoms with Crippen molar-refractivity contribution in [2.75, 3.05) is 6.61 Å². The summed E-state index contributed by atoms with van der Waals surface area (Å²) in [4.78, 5) is 0. The lowest BCUT2D eigenvalue weighted by Gasteiger charge is -2.72. The Balaban J connectivity index is 1.60. The Bertz CT molecular complexity index is 847. The molecule has 0 aliphatic heterocycles. The molecule has 0 saturated heterocycles. The van der Waals surface area contributed by atoms with Crippen molar-refractivity contribution in [1.82, 2.24) is 0 Å². The minimum atomic E-state index is -0.406. The molecule has 5 rings (SSSR count). The van der Waals surface area contributed by atoms with Crippen LogP contribution >= 0.6 is 0 Å². The molecule has 3 heteroatoms. The molecule has 0 aromatic carbocycles. The normalized spacial score (nSPS) is 57.8. The van der Waals surface area contributed by atoms with Crippen LogP contribution < -0.4 is 0 Å². The van der Waals surface area contributed by atoms with Crippen LogP contribution in [0.5, 0.6) is 0 Å². The molecule has 0 aromatic heterocycles. The van der Waals surface area contributed by atoms with Crippen molar-refractivity contribution in [2.24, 2.45) is 50.2 Å². The van der Waals surface area contributed by atoms with E-state index in [1.165, 1.54) is 12.8 Å². The zero-order chi connectivity index (χ0) is 24.2. The van der Waals surface area contributed by atoms with Crippen molar-refractivity contribution >= 4 is 0 Å². The van der Waals surface area contributed by atoms with E-state index in [1.54, 1.807) is 5.57 Å². The molecule has 0 bridgehead atoms. The highest BCUT2D eigenvalue weighted by Gasteiger charge is 2.69. The van der Waals surface area contributed by atoms with Gasteiger partial charge in [0.1, 0.15) is 0 Å². The Hall–Kier alpha value is -0.380. The lowest BCUT2D eigenvalue weighted by molar-refractivity contribution is -0.223. The number of hydrogen-bond donors (Lipinski definition) is 3. The van der Waals surface area contributed by atoms with E-state index in [9.17, 15) is 15.3 Å². The van der Waals surface area contributed by atoms with E-state index >= 15 is 0 Å². The van der Waals surface area contributed by atoms with Crippen LogP contribution in [0.3, 0.4) is 0 Å². The summed E-state index contributed by atoms with van der Waals surface area (Å²) in [6.07, 6.45) is 11.6. The highest BCUT2D eigenvalue weighted by atomic mass is 16.3. The fraction of sp³-hybridized carbons (Fsp3) is 0.933. The van der Waals surface area contributed by atoms with Crippen LogP contribution in [0.15, 0.2) is 11.6 Å². The first-order valence-corrected chi connectivity index (χ1v) is 13.9. The van der Waals surface area contributed by atoms with Gasteiger partial charge in [-0.25, -0.2) is 0 Å². The Kier molecular flexibility index (Phi) is 5.23. The topological polar surface area (TPSA) is 60.7 Å². The third-order valence-corrected chi connectivity index (χ3v) is 13.3. The predicted molar refractivity (Wildman–Crippen MR) is 134 cm³/mol. The van der Waals surface area contributed by atoms with Crippen molar-refractivity contribution in [2.45, 2.75) is 118 Å². The minimum absolute atomic E-state index is 0.00950. The van der Waals surface area contributed by atoms with E-state index in [-0.39, 0.29) is 34.4 Å². The maximum Gasteiger partial charge on any atom is 0.0618 e. The molecule has 10 atom stereocenters. The second kappa shape index (κ2) is 7.10. The molecule has 5 aliphatic rings. The number of rotatable bonds is 1. The number of allylic oxidation sites excluding steroid dienone is 2. The molecular formula is C30H50O3. The molecular weight excluding hydrogens is 408 g/mol. The maximum absolute atomic E-state index is 11.7. The third kappa shape index (κ3) is 2.91. The zero-order valence-corrected chi connectivity index (χ0v) is 22.4. The summed E-state index contributed by atoms with van der Waals surface area (Å²) >= 11 is 0. The van der Waals surface area contributed by atoms with Gasteiger partial charge in [0.25, 0.3) is 0 Å². The van der Waals surface area contributed by atoms with Crippen LogP contribution in [0.25, 0.3) is 0 Å². The Morgan fingerprint density at radius 2 is 1.48 bits per heavy atom. The van der Waals surface area contributed by atoms with Crippen LogP contribution in [0, 0.1) is 50.2 Å². The first kappa shape index (κ1) is 24.3. The first-order valence-electron chi connectivity index (χ1n) is 13.9. The van der Waals surface area contributed by atoms with Crippen LogP contribution in [0.2, 0.25) is 0 Å². The monoisotopic (exact) mass is 458 g/mol. The second-order valence-electron chi connectivity index (χ2n) is 15.2. The minimum Gasteiger partial charge on any atom is -0.396 e. The van der Waals surface area contributed by atoms with Crippen LogP contribution in [0.1, 0.15) is 106 Å². The first-order chi connectivity index (χ1) is 15.2. The highest BCUT2D eigenvalue weighted by molar-refractivity contribution is 5.34. The summed E-state index contributed by atoms with van der Waals surface area (Å²) in [5.74, 6) is 1.36. The fourth-order valence-electron chi connectivity index (χ4n) is 10.6. The molecule has 0 amide bonds. The van der Waals surface area contributed by atoms with Crippen LogP contribution in [-0.4, -0.2) is 34.1 Å². The van der Waals surface area contributed by atoms with Gasteiger partial charge in [0.05, 0.1) is 18.8 Å². The lowest BCUT2D eigenvalue weighted by atomic mass is 9.33.